The van der Waals surface area contributed by atoms with Crippen LogP contribution in [0.25, 0.3) is 0 Å². The summed E-state index contributed by atoms with van der Waals surface area (Å²) in [6.45, 7) is 2.49. The number of carbonyl (C=O) groups is 1. The maximum absolute atomic E-state index is 13.4. The summed E-state index contributed by atoms with van der Waals surface area (Å²) < 4.78 is 11.1. The molecule has 1 heterocycles. The van der Waals surface area contributed by atoms with Gasteiger partial charge in [0.25, 0.3) is 5.91 Å². The molecule has 0 aromatic heterocycles. The van der Waals surface area contributed by atoms with Gasteiger partial charge in [-0.3, -0.25) is 9.69 Å². The van der Waals surface area contributed by atoms with Crippen molar-refractivity contribution in [1.82, 2.24) is 0 Å². The van der Waals surface area contributed by atoms with Gasteiger partial charge in [0.2, 0.25) is 0 Å². The Morgan fingerprint density at radius 3 is 2.46 bits per heavy atom. The molecule has 1 N–H and O–H groups in total. The van der Waals surface area contributed by atoms with Crippen LogP contribution >= 0.6 is 0 Å². The van der Waals surface area contributed by atoms with Crippen LogP contribution in [0, 0.1) is 0 Å². The summed E-state index contributed by atoms with van der Waals surface area (Å²) in [5.74, 6) is 1.28. The first-order valence-corrected chi connectivity index (χ1v) is 9.28. The number of nitrogens with zero attached hydrogens (tertiary/aromatic N) is 1. The Balaban J connectivity index is 1.82. The van der Waals surface area contributed by atoms with Crippen LogP contribution in [-0.4, -0.2) is 19.6 Å². The maximum Gasteiger partial charge on any atom is 0.262 e. The SMILES string of the molecule is CCOc1ccc([C@@H]2Nc3ccccc3C(=O)N2c2ccccc2)cc1OC. The molecule has 0 bridgehead atoms. The summed E-state index contributed by atoms with van der Waals surface area (Å²) in [4.78, 5) is 15.1. The Labute approximate surface area is 164 Å². The Morgan fingerprint density at radius 1 is 0.964 bits per heavy atom. The smallest absolute Gasteiger partial charge is 0.262 e. The summed E-state index contributed by atoms with van der Waals surface area (Å²) in [5.41, 5.74) is 3.21. The fraction of sp³-hybridized carbons (Fsp3) is 0.174. The molecule has 0 unspecified atom stereocenters. The quantitative estimate of drug-likeness (QED) is 0.693. The normalized spacial score (nSPS) is 15.6. The third kappa shape index (κ3) is 3.16. The van der Waals surface area contributed by atoms with E-state index in [-0.39, 0.29) is 12.1 Å². The van der Waals surface area contributed by atoms with E-state index in [1.165, 1.54) is 0 Å². The van der Waals surface area contributed by atoms with Crippen molar-refractivity contribution in [3.63, 3.8) is 0 Å². The number of hydrogen-bond acceptors (Lipinski definition) is 4. The van der Waals surface area contributed by atoms with Crippen LogP contribution < -0.4 is 19.7 Å². The summed E-state index contributed by atoms with van der Waals surface area (Å²) in [5, 5.41) is 3.50. The van der Waals surface area contributed by atoms with Crippen molar-refractivity contribution < 1.29 is 14.3 Å². The second-order valence-corrected chi connectivity index (χ2v) is 6.45. The molecule has 28 heavy (non-hydrogen) atoms. The van der Waals surface area contributed by atoms with Gasteiger partial charge in [-0.2, -0.15) is 0 Å². The molecular weight excluding hydrogens is 352 g/mol. The monoisotopic (exact) mass is 374 g/mol. The van der Waals surface area contributed by atoms with Crippen molar-refractivity contribution >= 4 is 17.3 Å². The van der Waals surface area contributed by atoms with Crippen LogP contribution in [0.3, 0.4) is 0 Å². The number of para-hydroxylation sites is 2. The largest absolute Gasteiger partial charge is 0.493 e. The second-order valence-electron chi connectivity index (χ2n) is 6.45. The minimum atomic E-state index is -0.366. The van der Waals surface area contributed by atoms with E-state index in [4.69, 9.17) is 9.47 Å². The molecule has 1 aliphatic heterocycles. The fourth-order valence-electron chi connectivity index (χ4n) is 3.47. The highest BCUT2D eigenvalue weighted by molar-refractivity contribution is 6.12. The fourth-order valence-corrected chi connectivity index (χ4v) is 3.47. The summed E-state index contributed by atoms with van der Waals surface area (Å²) >= 11 is 0. The van der Waals surface area contributed by atoms with E-state index >= 15 is 0 Å². The molecule has 3 aromatic rings. The van der Waals surface area contributed by atoms with Crippen LogP contribution in [0.5, 0.6) is 11.5 Å². The molecule has 0 saturated heterocycles. The Bertz CT molecular complexity index is 988. The molecule has 3 aromatic carbocycles. The molecule has 0 aliphatic carbocycles. The molecule has 5 nitrogen and oxygen atoms in total. The van der Waals surface area contributed by atoms with Crippen LogP contribution in [0.4, 0.5) is 11.4 Å². The molecular formula is C23H22N2O3. The number of fused-ring (bicyclic) bond motifs is 1. The average molecular weight is 374 g/mol. The molecule has 1 atom stereocenters. The highest BCUT2D eigenvalue weighted by Gasteiger charge is 2.34. The lowest BCUT2D eigenvalue weighted by molar-refractivity contribution is 0.0975. The summed E-state index contributed by atoms with van der Waals surface area (Å²) in [6, 6.07) is 23.0. The molecule has 0 saturated carbocycles. The van der Waals surface area contributed by atoms with E-state index in [2.05, 4.69) is 5.32 Å². The van der Waals surface area contributed by atoms with Crippen molar-refractivity contribution in [1.29, 1.82) is 0 Å². The number of rotatable bonds is 5. The number of methoxy groups -OCH3 is 1. The van der Waals surface area contributed by atoms with Crippen molar-refractivity contribution in [3.8, 4) is 11.5 Å². The number of benzene rings is 3. The Kier molecular flexibility index (Phi) is 4.89. The molecule has 0 spiro atoms. The van der Waals surface area contributed by atoms with E-state index in [1.54, 1.807) is 12.0 Å². The van der Waals surface area contributed by atoms with Gasteiger partial charge in [-0.05, 0) is 48.9 Å². The maximum atomic E-state index is 13.4. The van der Waals surface area contributed by atoms with Gasteiger partial charge in [0.05, 0.1) is 19.3 Å². The third-order valence-corrected chi connectivity index (χ3v) is 4.76. The van der Waals surface area contributed by atoms with Crippen molar-refractivity contribution in [2.75, 3.05) is 23.9 Å². The predicted molar refractivity (Wildman–Crippen MR) is 110 cm³/mol. The first-order valence-electron chi connectivity index (χ1n) is 9.28. The van der Waals surface area contributed by atoms with E-state index in [9.17, 15) is 4.79 Å². The minimum absolute atomic E-state index is 0.0431. The number of amides is 1. The molecule has 1 amide bonds. The van der Waals surface area contributed by atoms with Crippen LogP contribution in [0.2, 0.25) is 0 Å². The predicted octanol–water partition coefficient (Wildman–Crippen LogP) is 4.87. The Hall–Kier alpha value is -3.47. The standard InChI is InChI=1S/C23H22N2O3/c1-3-28-20-14-13-16(15-21(20)27-2)22-24-19-12-8-7-11-18(19)23(26)25(22)17-9-5-4-6-10-17/h4-15,22,24H,3H2,1-2H3/t22-/m1/s1. The minimum Gasteiger partial charge on any atom is -0.493 e. The second kappa shape index (κ2) is 7.64. The molecule has 142 valence electrons. The van der Waals surface area contributed by atoms with E-state index in [0.29, 0.717) is 23.7 Å². The van der Waals surface area contributed by atoms with Gasteiger partial charge in [0.1, 0.15) is 6.17 Å². The van der Waals surface area contributed by atoms with Gasteiger partial charge in [-0.1, -0.05) is 36.4 Å². The number of anilines is 2. The summed E-state index contributed by atoms with van der Waals surface area (Å²) in [7, 11) is 1.62. The van der Waals surface area contributed by atoms with Crippen LogP contribution in [-0.2, 0) is 0 Å². The van der Waals surface area contributed by atoms with E-state index in [1.807, 2.05) is 79.7 Å². The molecule has 4 rings (SSSR count). The number of ether oxygens (including phenoxy) is 2. The zero-order valence-corrected chi connectivity index (χ0v) is 15.9. The van der Waals surface area contributed by atoms with Crippen molar-refractivity contribution in [2.24, 2.45) is 0 Å². The number of nitrogens with one attached hydrogen (secondary N) is 1. The number of hydrogen-bond donors (Lipinski definition) is 1. The van der Waals surface area contributed by atoms with Gasteiger partial charge in [0.15, 0.2) is 11.5 Å². The zero-order valence-electron chi connectivity index (χ0n) is 15.9. The van der Waals surface area contributed by atoms with E-state index < -0.39 is 0 Å². The Morgan fingerprint density at radius 2 is 1.71 bits per heavy atom. The lowest BCUT2D eigenvalue weighted by Crippen LogP contribution is -2.43. The molecule has 0 fully saturated rings. The van der Waals surface area contributed by atoms with Crippen molar-refractivity contribution in [3.05, 3.63) is 83.9 Å². The van der Waals surface area contributed by atoms with Gasteiger partial charge in [-0.15, -0.1) is 0 Å². The lowest BCUT2D eigenvalue weighted by Gasteiger charge is -2.38. The van der Waals surface area contributed by atoms with Gasteiger partial charge in [0, 0.05) is 11.4 Å². The average Bonchev–Trinajstić information content (AvgIpc) is 2.75. The summed E-state index contributed by atoms with van der Waals surface area (Å²) in [6.07, 6.45) is -0.366. The third-order valence-electron chi connectivity index (χ3n) is 4.76. The lowest BCUT2D eigenvalue weighted by atomic mass is 10.0. The van der Waals surface area contributed by atoms with E-state index in [0.717, 1.165) is 16.9 Å². The highest BCUT2D eigenvalue weighted by Crippen LogP contribution is 2.39. The van der Waals surface area contributed by atoms with Crippen molar-refractivity contribution in [2.45, 2.75) is 13.1 Å². The highest BCUT2D eigenvalue weighted by atomic mass is 16.5. The number of carbonyl (C=O) groups excluding carboxylic acids is 1. The first-order chi connectivity index (χ1) is 13.7. The van der Waals surface area contributed by atoms with Crippen LogP contribution in [0.1, 0.15) is 29.0 Å². The zero-order chi connectivity index (χ0) is 19.5. The van der Waals surface area contributed by atoms with Crippen LogP contribution in [0.15, 0.2) is 72.8 Å². The molecule has 1 aliphatic rings. The molecule has 5 heteroatoms. The molecule has 0 radical (unpaired) electrons. The van der Waals surface area contributed by atoms with Gasteiger partial charge in [-0.25, -0.2) is 0 Å². The first kappa shape index (κ1) is 17.9. The topological polar surface area (TPSA) is 50.8 Å². The van der Waals surface area contributed by atoms with Gasteiger partial charge >= 0.3 is 0 Å². The van der Waals surface area contributed by atoms with Gasteiger partial charge < -0.3 is 14.8 Å².